The molecular formula is C10H15NO9. The van der Waals surface area contributed by atoms with E-state index in [1.807, 2.05) is 5.32 Å². The minimum absolute atomic E-state index is 0.314. The van der Waals surface area contributed by atoms with Crippen LogP contribution in [0.2, 0.25) is 0 Å². The predicted octanol–water partition coefficient (Wildman–Crippen LogP) is -2.38. The Morgan fingerprint density at radius 3 is 1.95 bits per heavy atom. The zero-order chi connectivity index (χ0) is 15.9. The molecular weight excluding hydrogens is 278 g/mol. The topological polar surface area (TPSA) is 181 Å². The summed E-state index contributed by atoms with van der Waals surface area (Å²) < 4.78 is 0. The average molecular weight is 293 g/mol. The van der Waals surface area contributed by atoms with Crippen LogP contribution in [0.25, 0.3) is 0 Å². The molecule has 10 nitrogen and oxygen atoms in total. The van der Waals surface area contributed by atoms with Crippen molar-refractivity contribution in [3.8, 4) is 0 Å². The number of hydrogen-bond acceptors (Lipinski definition) is 6. The van der Waals surface area contributed by atoms with E-state index >= 15 is 0 Å². The van der Waals surface area contributed by atoms with Crippen molar-refractivity contribution in [3.63, 3.8) is 0 Å². The highest BCUT2D eigenvalue weighted by molar-refractivity contribution is 5.91. The molecule has 0 saturated heterocycles. The summed E-state index contributed by atoms with van der Waals surface area (Å²) in [5, 5.41) is 46.0. The number of hydrogen-bond donors (Lipinski definition) is 6. The molecule has 6 N–H and O–H groups in total. The van der Waals surface area contributed by atoms with Crippen LogP contribution in [0, 0.1) is 0 Å². The number of carbonyl (C=O) groups excluding carboxylic acids is 1. The zero-order valence-corrected chi connectivity index (χ0v) is 10.3. The molecule has 2 atom stereocenters. The number of rotatable bonds is 9. The van der Waals surface area contributed by atoms with Crippen molar-refractivity contribution in [2.75, 3.05) is 6.61 Å². The molecule has 0 bridgehead atoms. The molecule has 0 aromatic heterocycles. The van der Waals surface area contributed by atoms with Gasteiger partial charge in [-0.2, -0.15) is 0 Å². The molecule has 0 fully saturated rings. The molecule has 2 unspecified atom stereocenters. The lowest BCUT2D eigenvalue weighted by Gasteiger charge is -2.22. The number of nitrogens with one attached hydrogen (secondary N) is 1. The van der Waals surface area contributed by atoms with E-state index in [2.05, 4.69) is 0 Å². The van der Waals surface area contributed by atoms with Crippen LogP contribution in [0.5, 0.6) is 0 Å². The average Bonchev–Trinajstić information content (AvgIpc) is 2.26. The number of aliphatic hydroxyl groups excluding tert-OH is 1. The minimum Gasteiger partial charge on any atom is -0.481 e. The first-order chi connectivity index (χ1) is 9.12. The monoisotopic (exact) mass is 293 g/mol. The van der Waals surface area contributed by atoms with Crippen LogP contribution in [-0.4, -0.2) is 67.6 Å². The first-order valence-corrected chi connectivity index (χ1v) is 5.43. The summed E-state index contributed by atoms with van der Waals surface area (Å²) in [7, 11) is 0. The van der Waals surface area contributed by atoms with E-state index in [1.165, 1.54) is 0 Å². The first-order valence-electron chi connectivity index (χ1n) is 5.43. The molecule has 10 heteroatoms. The smallest absolute Gasteiger partial charge is 0.336 e. The van der Waals surface area contributed by atoms with Gasteiger partial charge in [-0.25, -0.2) is 9.59 Å². The number of aliphatic hydroxyl groups is 2. The normalized spacial score (nSPS) is 14.9. The molecule has 0 rings (SSSR count). The largest absolute Gasteiger partial charge is 0.481 e. The van der Waals surface area contributed by atoms with Gasteiger partial charge in [0.1, 0.15) is 6.04 Å². The Hall–Kier alpha value is -2.20. The lowest BCUT2D eigenvalue weighted by atomic mass is 9.95. The van der Waals surface area contributed by atoms with Crippen molar-refractivity contribution in [3.05, 3.63) is 0 Å². The van der Waals surface area contributed by atoms with Gasteiger partial charge >= 0.3 is 17.9 Å². The predicted molar refractivity (Wildman–Crippen MR) is 60.7 cm³/mol. The molecule has 0 aromatic carbocycles. The second-order valence-corrected chi connectivity index (χ2v) is 4.05. The van der Waals surface area contributed by atoms with E-state index in [1.54, 1.807) is 0 Å². The molecule has 0 aliphatic carbocycles. The lowest BCUT2D eigenvalue weighted by molar-refractivity contribution is -0.167. The van der Waals surface area contributed by atoms with Crippen molar-refractivity contribution >= 4 is 23.8 Å². The third-order valence-corrected chi connectivity index (χ3v) is 2.35. The zero-order valence-electron chi connectivity index (χ0n) is 10.3. The molecule has 0 radical (unpaired) electrons. The lowest BCUT2D eigenvalue weighted by Crippen LogP contribution is -2.48. The van der Waals surface area contributed by atoms with Crippen molar-refractivity contribution in [2.45, 2.75) is 30.9 Å². The summed E-state index contributed by atoms with van der Waals surface area (Å²) in [5.74, 6) is -6.15. The molecule has 0 aliphatic rings. The van der Waals surface area contributed by atoms with Crippen molar-refractivity contribution in [1.82, 2.24) is 5.32 Å². The summed E-state index contributed by atoms with van der Waals surface area (Å²) in [5.41, 5.74) is -2.84. The van der Waals surface area contributed by atoms with Crippen LogP contribution in [0.3, 0.4) is 0 Å². The number of carboxylic acids is 3. The van der Waals surface area contributed by atoms with Crippen molar-refractivity contribution < 1.29 is 44.7 Å². The van der Waals surface area contributed by atoms with Crippen LogP contribution >= 0.6 is 0 Å². The molecule has 114 valence electrons. The van der Waals surface area contributed by atoms with Gasteiger partial charge in [-0.3, -0.25) is 9.59 Å². The van der Waals surface area contributed by atoms with Gasteiger partial charge in [-0.15, -0.1) is 0 Å². The fourth-order valence-electron chi connectivity index (χ4n) is 1.36. The summed E-state index contributed by atoms with van der Waals surface area (Å²) in [6.45, 7) is -0.532. The second kappa shape index (κ2) is 7.40. The molecule has 0 saturated carbocycles. The maximum Gasteiger partial charge on any atom is 0.336 e. The fraction of sp³-hybridized carbons (Fsp3) is 0.600. The molecule has 0 aliphatic heterocycles. The molecule has 0 spiro atoms. The first kappa shape index (κ1) is 17.8. The van der Waals surface area contributed by atoms with Crippen molar-refractivity contribution in [1.29, 1.82) is 0 Å². The summed E-state index contributed by atoms with van der Waals surface area (Å²) in [6.07, 6.45) is -2.65. The summed E-state index contributed by atoms with van der Waals surface area (Å²) in [4.78, 5) is 43.4. The van der Waals surface area contributed by atoms with E-state index in [-0.39, 0.29) is 6.42 Å². The Labute approximate surface area is 112 Å². The van der Waals surface area contributed by atoms with Crippen LogP contribution < -0.4 is 5.32 Å². The number of amides is 1. The summed E-state index contributed by atoms with van der Waals surface area (Å²) in [6, 6.07) is -1.46. The highest BCUT2D eigenvalue weighted by Gasteiger charge is 2.41. The Bertz CT molecular complexity index is 408. The van der Waals surface area contributed by atoms with E-state index in [0.29, 0.717) is 0 Å². The van der Waals surface area contributed by atoms with E-state index in [4.69, 9.17) is 20.4 Å². The Morgan fingerprint density at radius 1 is 1.05 bits per heavy atom. The molecule has 20 heavy (non-hydrogen) atoms. The SMILES string of the molecule is O=C(O)CC(O)(CC(=O)NC(CCO)C(=O)O)C(=O)O. The quantitative estimate of drug-likeness (QED) is 0.270. The fourth-order valence-corrected chi connectivity index (χ4v) is 1.36. The van der Waals surface area contributed by atoms with Crippen LogP contribution in [0.4, 0.5) is 0 Å². The third kappa shape index (κ3) is 5.63. The van der Waals surface area contributed by atoms with Crippen LogP contribution in [0.15, 0.2) is 0 Å². The number of carboxylic acid groups (broad SMARTS) is 3. The van der Waals surface area contributed by atoms with Crippen LogP contribution in [-0.2, 0) is 19.2 Å². The van der Waals surface area contributed by atoms with Gasteiger partial charge in [0.25, 0.3) is 0 Å². The van der Waals surface area contributed by atoms with Gasteiger partial charge in [0.2, 0.25) is 5.91 Å². The molecule has 1 amide bonds. The standard InChI is InChI=1S/C10H15NO9/c12-2-1-5(8(16)17)11-6(13)3-10(20,9(18)19)4-7(14)15/h5,12,20H,1-4H2,(H,11,13)(H,14,15)(H,16,17)(H,18,19). The summed E-state index contributed by atoms with van der Waals surface area (Å²) >= 11 is 0. The number of aliphatic carboxylic acids is 3. The highest BCUT2D eigenvalue weighted by atomic mass is 16.4. The van der Waals surface area contributed by atoms with Crippen molar-refractivity contribution in [2.24, 2.45) is 0 Å². The second-order valence-electron chi connectivity index (χ2n) is 4.05. The van der Waals surface area contributed by atoms with E-state index in [9.17, 15) is 24.3 Å². The van der Waals surface area contributed by atoms with E-state index in [0.717, 1.165) is 0 Å². The maximum absolute atomic E-state index is 11.5. The number of carbonyl (C=O) groups is 4. The third-order valence-electron chi connectivity index (χ3n) is 2.35. The highest BCUT2D eigenvalue weighted by Crippen LogP contribution is 2.16. The van der Waals surface area contributed by atoms with Gasteiger partial charge in [-0.1, -0.05) is 0 Å². The maximum atomic E-state index is 11.5. The van der Waals surface area contributed by atoms with Gasteiger partial charge in [0, 0.05) is 13.0 Å². The van der Waals surface area contributed by atoms with E-state index < -0.39 is 54.9 Å². The Kier molecular flexibility index (Phi) is 6.59. The molecule has 0 aromatic rings. The minimum atomic E-state index is -2.84. The van der Waals surface area contributed by atoms with Crippen LogP contribution in [0.1, 0.15) is 19.3 Å². The Morgan fingerprint density at radius 2 is 1.60 bits per heavy atom. The van der Waals surface area contributed by atoms with Gasteiger partial charge in [0.05, 0.1) is 12.8 Å². The Balaban J connectivity index is 4.80. The molecule has 0 heterocycles. The van der Waals surface area contributed by atoms with Gasteiger partial charge in [-0.05, 0) is 0 Å². The van der Waals surface area contributed by atoms with Gasteiger partial charge < -0.3 is 30.8 Å². The van der Waals surface area contributed by atoms with Gasteiger partial charge in [0.15, 0.2) is 5.60 Å².